The molecule has 0 saturated carbocycles. The predicted molar refractivity (Wildman–Crippen MR) is 147 cm³/mol. The van der Waals surface area contributed by atoms with Crippen LogP contribution < -0.4 is 0 Å². The fourth-order valence-electron chi connectivity index (χ4n) is 5.04. The molecule has 0 N–H and O–H groups in total. The fourth-order valence-corrected chi connectivity index (χ4v) is 5.04. The highest BCUT2D eigenvalue weighted by Gasteiger charge is 2.32. The van der Waals surface area contributed by atoms with Gasteiger partial charge in [-0.2, -0.15) is 10.2 Å². The Morgan fingerprint density at radius 2 is 1.00 bits per heavy atom. The third kappa shape index (κ3) is 5.04. The van der Waals surface area contributed by atoms with Crippen molar-refractivity contribution in [1.29, 1.82) is 0 Å². The molecule has 0 fully saturated rings. The minimum Gasteiger partial charge on any atom is -0.258 e. The predicted octanol–water partition coefficient (Wildman–Crippen LogP) is 6.06. The van der Waals surface area contributed by atoms with Crippen LogP contribution in [0.3, 0.4) is 0 Å². The molecule has 0 amide bonds. The third-order valence-electron chi connectivity index (χ3n) is 6.76. The van der Waals surface area contributed by atoms with E-state index >= 15 is 0 Å². The molecule has 0 aliphatic carbocycles. The van der Waals surface area contributed by atoms with Crippen LogP contribution in [0.25, 0.3) is 11.4 Å². The van der Waals surface area contributed by atoms with Gasteiger partial charge in [0.25, 0.3) is 0 Å². The van der Waals surface area contributed by atoms with Crippen LogP contribution in [0.1, 0.15) is 34.3 Å². The first-order chi connectivity index (χ1) is 18.8. The first kappa shape index (κ1) is 25.5. The van der Waals surface area contributed by atoms with Crippen molar-refractivity contribution in [3.8, 4) is 11.4 Å². The molecule has 5 aromatic rings. The fraction of sp³-hybridized carbons (Fsp3) is 0.172. The Labute approximate surface area is 224 Å². The quantitative estimate of drug-likeness (QED) is 0.171. The minimum atomic E-state index is -0.403. The summed E-state index contributed by atoms with van der Waals surface area (Å²) in [7, 11) is 0. The zero-order valence-corrected chi connectivity index (χ0v) is 21.5. The van der Waals surface area contributed by atoms with E-state index in [1.165, 1.54) is 0 Å². The number of aromatic nitrogens is 4. The van der Waals surface area contributed by atoms with E-state index in [0.29, 0.717) is 34.2 Å². The second kappa shape index (κ2) is 10.7. The van der Waals surface area contributed by atoms with Crippen LogP contribution in [-0.2, 0) is 12.8 Å². The lowest BCUT2D eigenvalue weighted by atomic mass is 9.88. The number of rotatable bonds is 9. The normalized spacial score (nSPS) is 11.2. The van der Waals surface area contributed by atoms with Gasteiger partial charge in [0.2, 0.25) is 0 Å². The zero-order valence-electron chi connectivity index (χ0n) is 21.5. The van der Waals surface area contributed by atoms with Gasteiger partial charge in [-0.1, -0.05) is 66.7 Å². The smallest absolute Gasteiger partial charge is 0.258 e. The number of hydrogen-bond acceptors (Lipinski definition) is 6. The third-order valence-corrected chi connectivity index (χ3v) is 6.76. The maximum Gasteiger partial charge on any atom is 0.313 e. The van der Waals surface area contributed by atoms with Crippen LogP contribution >= 0.6 is 0 Å². The molecule has 5 rings (SSSR count). The van der Waals surface area contributed by atoms with E-state index in [1.807, 2.05) is 91.0 Å². The number of benzene rings is 3. The Balaban J connectivity index is 1.67. The summed E-state index contributed by atoms with van der Waals surface area (Å²) in [6, 6.07) is 28.1. The molecule has 0 atom stereocenters. The summed E-state index contributed by atoms with van der Waals surface area (Å²) in [5.41, 5.74) is 3.68. The number of hydrogen-bond donors (Lipinski definition) is 0. The van der Waals surface area contributed by atoms with E-state index < -0.39 is 9.85 Å². The Bertz CT molecular complexity index is 1530. The summed E-state index contributed by atoms with van der Waals surface area (Å²) in [6.07, 6.45) is 0.457. The standard InChI is InChI=1S/C29H26N6O4/c1-20-28(34(36)37)26(32(30-20)24-14-8-4-9-15-24)18-23(22-12-6-3-7-13-22)19-27-29(35(38)39)21(2)31-33(27)25-16-10-5-11-17-25/h3-17,23H,18-19H2,1-2H3. The average Bonchev–Trinajstić information content (AvgIpc) is 3.45. The lowest BCUT2D eigenvalue weighted by Gasteiger charge is -2.19. The van der Waals surface area contributed by atoms with Crippen LogP contribution in [0.2, 0.25) is 0 Å². The molecule has 10 nitrogen and oxygen atoms in total. The van der Waals surface area contributed by atoms with Gasteiger partial charge in [-0.05, 0) is 49.6 Å². The summed E-state index contributed by atoms with van der Waals surface area (Å²) >= 11 is 0. The van der Waals surface area contributed by atoms with E-state index in [2.05, 4.69) is 10.2 Å². The van der Waals surface area contributed by atoms with Crippen molar-refractivity contribution in [1.82, 2.24) is 19.6 Å². The Hall–Kier alpha value is -5.12. The number of nitrogens with zero attached hydrogens (tertiary/aromatic N) is 6. The van der Waals surface area contributed by atoms with Crippen LogP contribution in [0.15, 0.2) is 91.0 Å². The van der Waals surface area contributed by atoms with Gasteiger partial charge in [-0.15, -0.1) is 0 Å². The molecule has 2 heterocycles. The molecule has 0 radical (unpaired) electrons. The SMILES string of the molecule is Cc1nn(-c2ccccc2)c(CC(Cc2c([N+](=O)[O-])c(C)nn2-c2ccccc2)c2ccccc2)c1[N+](=O)[O-]. The molecule has 0 spiro atoms. The number of aryl methyl sites for hydroxylation is 2. The van der Waals surface area contributed by atoms with Crippen LogP contribution in [-0.4, -0.2) is 29.4 Å². The highest BCUT2D eigenvalue weighted by molar-refractivity contribution is 5.49. The molecule has 0 saturated heterocycles. The molecule has 2 aromatic heterocycles. The van der Waals surface area contributed by atoms with Gasteiger partial charge in [0.05, 0.1) is 21.2 Å². The van der Waals surface area contributed by atoms with Crippen LogP contribution in [0, 0.1) is 34.1 Å². The zero-order chi connectivity index (χ0) is 27.5. The van der Waals surface area contributed by atoms with Gasteiger partial charge >= 0.3 is 11.4 Å². The lowest BCUT2D eigenvalue weighted by molar-refractivity contribution is -0.386. The highest BCUT2D eigenvalue weighted by Crippen LogP contribution is 2.36. The molecule has 10 heteroatoms. The molecule has 196 valence electrons. The van der Waals surface area contributed by atoms with Gasteiger partial charge in [0.15, 0.2) is 0 Å². The van der Waals surface area contributed by atoms with Crippen molar-refractivity contribution in [3.63, 3.8) is 0 Å². The largest absolute Gasteiger partial charge is 0.313 e. The number of para-hydroxylation sites is 2. The average molecular weight is 523 g/mol. The molecule has 0 unspecified atom stereocenters. The van der Waals surface area contributed by atoms with Gasteiger partial charge in [-0.3, -0.25) is 20.2 Å². The first-order valence-electron chi connectivity index (χ1n) is 12.5. The maximum absolute atomic E-state index is 12.2. The molecule has 0 aliphatic rings. The second-order valence-electron chi connectivity index (χ2n) is 9.29. The molecule has 0 aliphatic heterocycles. The molecular weight excluding hydrogens is 496 g/mol. The van der Waals surface area contributed by atoms with E-state index in [0.717, 1.165) is 5.56 Å². The monoisotopic (exact) mass is 522 g/mol. The van der Waals surface area contributed by atoms with Crippen molar-refractivity contribution in [2.45, 2.75) is 32.6 Å². The van der Waals surface area contributed by atoms with Crippen molar-refractivity contribution < 1.29 is 9.85 Å². The van der Waals surface area contributed by atoms with Gasteiger partial charge < -0.3 is 0 Å². The Morgan fingerprint density at radius 1 is 0.641 bits per heavy atom. The van der Waals surface area contributed by atoms with Gasteiger partial charge in [0, 0.05) is 12.8 Å². The summed E-state index contributed by atoms with van der Waals surface area (Å²) in [5, 5.41) is 33.4. The van der Waals surface area contributed by atoms with Gasteiger partial charge in [0.1, 0.15) is 22.8 Å². The van der Waals surface area contributed by atoms with Crippen molar-refractivity contribution in [2.24, 2.45) is 0 Å². The topological polar surface area (TPSA) is 122 Å². The maximum atomic E-state index is 12.2. The Kier molecular flexibility index (Phi) is 7.00. The summed E-state index contributed by atoms with van der Waals surface area (Å²) in [4.78, 5) is 23.6. The van der Waals surface area contributed by atoms with E-state index in [1.54, 1.807) is 23.2 Å². The molecule has 39 heavy (non-hydrogen) atoms. The van der Waals surface area contributed by atoms with Gasteiger partial charge in [-0.25, -0.2) is 9.36 Å². The van der Waals surface area contributed by atoms with Crippen molar-refractivity contribution >= 4 is 11.4 Å². The summed E-state index contributed by atoms with van der Waals surface area (Å²) in [5.74, 6) is -0.347. The molecule has 3 aromatic carbocycles. The molecular formula is C29H26N6O4. The lowest BCUT2D eigenvalue weighted by Crippen LogP contribution is -2.15. The summed E-state index contributed by atoms with van der Waals surface area (Å²) < 4.78 is 3.22. The van der Waals surface area contributed by atoms with Crippen molar-refractivity contribution in [2.75, 3.05) is 0 Å². The van der Waals surface area contributed by atoms with E-state index in [9.17, 15) is 20.2 Å². The first-order valence-corrected chi connectivity index (χ1v) is 12.5. The van der Waals surface area contributed by atoms with E-state index in [-0.39, 0.29) is 30.1 Å². The van der Waals surface area contributed by atoms with Crippen LogP contribution in [0.4, 0.5) is 11.4 Å². The van der Waals surface area contributed by atoms with Crippen LogP contribution in [0.5, 0.6) is 0 Å². The van der Waals surface area contributed by atoms with Crippen molar-refractivity contribution in [3.05, 3.63) is 140 Å². The minimum absolute atomic E-state index is 0.0537. The second-order valence-corrected chi connectivity index (χ2v) is 9.29. The highest BCUT2D eigenvalue weighted by atomic mass is 16.6. The Morgan fingerprint density at radius 3 is 1.36 bits per heavy atom. The molecule has 0 bridgehead atoms. The van der Waals surface area contributed by atoms with E-state index in [4.69, 9.17) is 0 Å². The number of nitro groups is 2. The summed E-state index contributed by atoms with van der Waals surface area (Å²) in [6.45, 7) is 3.24.